The molecule has 0 radical (unpaired) electrons. The number of nitrogens with one attached hydrogen (secondary N) is 2. The molecule has 2 aromatic rings. The van der Waals surface area contributed by atoms with Gasteiger partial charge in [-0.2, -0.15) is 0 Å². The predicted octanol–water partition coefficient (Wildman–Crippen LogP) is 3.91. The number of anilines is 1. The molecule has 0 heterocycles. The van der Waals surface area contributed by atoms with Gasteiger partial charge in [0.05, 0.1) is 17.7 Å². The second-order valence-electron chi connectivity index (χ2n) is 5.97. The zero-order valence-electron chi connectivity index (χ0n) is 13.8. The maximum absolute atomic E-state index is 12.3. The lowest BCUT2D eigenvalue weighted by molar-refractivity contribution is -0.115. The summed E-state index contributed by atoms with van der Waals surface area (Å²) in [6.07, 6.45) is 0.154. The standard InChI is InChI=1S/C19H21ClN2O2/c1-13(2)12-21-19(24)15-8-4-6-10-17(15)22-18(23)11-14-7-3-5-9-16(14)20/h3-10,13H,11-12H2,1-2H3,(H,21,24)(H,22,23). The van der Waals surface area contributed by atoms with Gasteiger partial charge < -0.3 is 10.6 Å². The number of hydrogen-bond acceptors (Lipinski definition) is 2. The van der Waals surface area contributed by atoms with Crippen molar-refractivity contribution in [3.63, 3.8) is 0 Å². The van der Waals surface area contributed by atoms with Crippen molar-refractivity contribution in [2.45, 2.75) is 20.3 Å². The van der Waals surface area contributed by atoms with E-state index in [1.807, 2.05) is 32.0 Å². The number of halogens is 1. The monoisotopic (exact) mass is 344 g/mol. The smallest absolute Gasteiger partial charge is 0.253 e. The van der Waals surface area contributed by atoms with Gasteiger partial charge >= 0.3 is 0 Å². The van der Waals surface area contributed by atoms with Gasteiger partial charge in [-0.05, 0) is 29.7 Å². The number of benzene rings is 2. The van der Waals surface area contributed by atoms with Crippen molar-refractivity contribution in [2.75, 3.05) is 11.9 Å². The molecule has 0 saturated heterocycles. The van der Waals surface area contributed by atoms with Crippen molar-refractivity contribution in [3.05, 3.63) is 64.7 Å². The van der Waals surface area contributed by atoms with Crippen molar-refractivity contribution in [1.82, 2.24) is 5.32 Å². The molecule has 2 rings (SSSR count). The summed E-state index contributed by atoms with van der Waals surface area (Å²) in [6, 6.07) is 14.2. The fourth-order valence-electron chi connectivity index (χ4n) is 2.19. The number of carbonyl (C=O) groups is 2. The molecule has 2 aromatic carbocycles. The van der Waals surface area contributed by atoms with E-state index in [0.29, 0.717) is 28.7 Å². The summed E-state index contributed by atoms with van der Waals surface area (Å²) >= 11 is 6.08. The van der Waals surface area contributed by atoms with E-state index in [1.165, 1.54) is 0 Å². The molecular weight excluding hydrogens is 324 g/mol. The highest BCUT2D eigenvalue weighted by Crippen LogP contribution is 2.18. The first-order chi connectivity index (χ1) is 11.5. The Bertz CT molecular complexity index is 729. The molecule has 2 amide bonds. The Balaban J connectivity index is 2.08. The van der Waals surface area contributed by atoms with Gasteiger partial charge in [0.15, 0.2) is 0 Å². The summed E-state index contributed by atoms with van der Waals surface area (Å²) in [5.74, 6) is -0.0551. The van der Waals surface area contributed by atoms with Crippen LogP contribution in [-0.2, 0) is 11.2 Å². The van der Waals surface area contributed by atoms with Gasteiger partial charge in [-0.25, -0.2) is 0 Å². The normalized spacial score (nSPS) is 10.5. The van der Waals surface area contributed by atoms with Crippen LogP contribution in [0.1, 0.15) is 29.8 Å². The van der Waals surface area contributed by atoms with Crippen LogP contribution in [0.2, 0.25) is 5.02 Å². The van der Waals surface area contributed by atoms with E-state index in [4.69, 9.17) is 11.6 Å². The highest BCUT2D eigenvalue weighted by Gasteiger charge is 2.14. The molecule has 5 heteroatoms. The van der Waals surface area contributed by atoms with Crippen LogP contribution < -0.4 is 10.6 Å². The number of para-hydroxylation sites is 1. The van der Waals surface area contributed by atoms with Crippen LogP contribution in [-0.4, -0.2) is 18.4 Å². The van der Waals surface area contributed by atoms with Gasteiger partial charge in [0.2, 0.25) is 5.91 Å². The van der Waals surface area contributed by atoms with Crippen molar-refractivity contribution in [3.8, 4) is 0 Å². The van der Waals surface area contributed by atoms with Crippen molar-refractivity contribution in [1.29, 1.82) is 0 Å². The van der Waals surface area contributed by atoms with Crippen LogP contribution in [0.4, 0.5) is 5.69 Å². The van der Waals surface area contributed by atoms with Gasteiger partial charge in [-0.15, -0.1) is 0 Å². The van der Waals surface area contributed by atoms with Crippen LogP contribution in [0.5, 0.6) is 0 Å². The molecule has 0 atom stereocenters. The molecule has 0 bridgehead atoms. The molecular formula is C19H21ClN2O2. The molecule has 0 fully saturated rings. The largest absolute Gasteiger partial charge is 0.352 e. The average molecular weight is 345 g/mol. The van der Waals surface area contributed by atoms with Gasteiger partial charge in [0.25, 0.3) is 5.91 Å². The molecule has 0 aliphatic rings. The summed E-state index contributed by atoms with van der Waals surface area (Å²) < 4.78 is 0. The van der Waals surface area contributed by atoms with E-state index in [-0.39, 0.29) is 18.2 Å². The first-order valence-electron chi connectivity index (χ1n) is 7.88. The number of amides is 2. The predicted molar refractivity (Wildman–Crippen MR) is 97.4 cm³/mol. The third kappa shape index (κ3) is 5.10. The summed E-state index contributed by atoms with van der Waals surface area (Å²) in [5, 5.41) is 6.21. The molecule has 4 nitrogen and oxygen atoms in total. The van der Waals surface area contributed by atoms with Gasteiger partial charge in [-0.3, -0.25) is 9.59 Å². The Morgan fingerprint density at radius 2 is 1.71 bits per heavy atom. The number of rotatable bonds is 6. The van der Waals surface area contributed by atoms with E-state index < -0.39 is 0 Å². The lowest BCUT2D eigenvalue weighted by atomic mass is 10.1. The average Bonchev–Trinajstić information content (AvgIpc) is 2.55. The van der Waals surface area contributed by atoms with Crippen LogP contribution in [0.25, 0.3) is 0 Å². The Kier molecular flexibility index (Phi) is 6.38. The third-order valence-corrected chi connectivity index (χ3v) is 3.79. The Hall–Kier alpha value is -2.33. The number of hydrogen-bond donors (Lipinski definition) is 2. The van der Waals surface area contributed by atoms with E-state index in [9.17, 15) is 9.59 Å². The summed E-state index contributed by atoms with van der Waals surface area (Å²) in [7, 11) is 0. The number of carbonyl (C=O) groups excluding carboxylic acids is 2. The fourth-order valence-corrected chi connectivity index (χ4v) is 2.39. The molecule has 2 N–H and O–H groups in total. The van der Waals surface area contributed by atoms with Gasteiger partial charge in [-0.1, -0.05) is 55.8 Å². The van der Waals surface area contributed by atoms with E-state index >= 15 is 0 Å². The van der Waals surface area contributed by atoms with E-state index in [1.54, 1.807) is 30.3 Å². The van der Waals surface area contributed by atoms with Crippen LogP contribution in [0.15, 0.2) is 48.5 Å². The summed E-state index contributed by atoms with van der Waals surface area (Å²) in [4.78, 5) is 24.6. The Morgan fingerprint density at radius 3 is 2.42 bits per heavy atom. The second-order valence-corrected chi connectivity index (χ2v) is 6.37. The van der Waals surface area contributed by atoms with Crippen molar-refractivity contribution in [2.24, 2.45) is 5.92 Å². The summed E-state index contributed by atoms with van der Waals surface area (Å²) in [6.45, 7) is 4.63. The summed E-state index contributed by atoms with van der Waals surface area (Å²) in [5.41, 5.74) is 1.69. The minimum Gasteiger partial charge on any atom is -0.352 e. The van der Waals surface area contributed by atoms with Crippen LogP contribution in [0.3, 0.4) is 0 Å². The van der Waals surface area contributed by atoms with Gasteiger partial charge in [0.1, 0.15) is 0 Å². The van der Waals surface area contributed by atoms with Crippen molar-refractivity contribution >= 4 is 29.1 Å². The topological polar surface area (TPSA) is 58.2 Å². The quantitative estimate of drug-likeness (QED) is 0.834. The highest BCUT2D eigenvalue weighted by molar-refractivity contribution is 6.31. The Labute approximate surface area is 147 Å². The maximum atomic E-state index is 12.3. The molecule has 126 valence electrons. The Morgan fingerprint density at radius 1 is 1.04 bits per heavy atom. The zero-order chi connectivity index (χ0) is 17.5. The molecule has 0 unspecified atom stereocenters. The van der Waals surface area contributed by atoms with Gasteiger partial charge in [0, 0.05) is 11.6 Å². The minimum atomic E-state index is -0.216. The molecule has 0 spiro atoms. The minimum absolute atomic E-state index is 0.154. The lowest BCUT2D eigenvalue weighted by Crippen LogP contribution is -2.28. The maximum Gasteiger partial charge on any atom is 0.253 e. The zero-order valence-corrected chi connectivity index (χ0v) is 14.6. The highest BCUT2D eigenvalue weighted by atomic mass is 35.5. The second kappa shape index (κ2) is 8.50. The molecule has 24 heavy (non-hydrogen) atoms. The van der Waals surface area contributed by atoms with E-state index in [0.717, 1.165) is 5.56 Å². The SMILES string of the molecule is CC(C)CNC(=O)c1ccccc1NC(=O)Cc1ccccc1Cl. The first-order valence-corrected chi connectivity index (χ1v) is 8.25. The lowest BCUT2D eigenvalue weighted by Gasteiger charge is -2.13. The third-order valence-electron chi connectivity index (χ3n) is 3.43. The molecule has 0 aliphatic heterocycles. The van der Waals surface area contributed by atoms with Crippen LogP contribution in [0, 0.1) is 5.92 Å². The first kappa shape index (κ1) is 18.0. The van der Waals surface area contributed by atoms with Crippen LogP contribution >= 0.6 is 11.6 Å². The molecule has 0 aliphatic carbocycles. The van der Waals surface area contributed by atoms with Crippen molar-refractivity contribution < 1.29 is 9.59 Å². The molecule has 0 aromatic heterocycles. The fraction of sp³-hybridized carbons (Fsp3) is 0.263. The molecule has 0 saturated carbocycles. The van der Waals surface area contributed by atoms with E-state index in [2.05, 4.69) is 10.6 Å².